The molecule has 0 saturated heterocycles. The maximum Gasteiger partial charge on any atom is 0.331 e. The lowest BCUT2D eigenvalue weighted by Crippen LogP contribution is -2.46. The maximum absolute atomic E-state index is 11.8. The van der Waals surface area contributed by atoms with E-state index in [0.717, 1.165) is 22.0 Å². The fourth-order valence-electron chi connectivity index (χ4n) is 1.92. The Balaban J connectivity index is 2.08. The Bertz CT molecular complexity index is 656. The summed E-state index contributed by atoms with van der Waals surface area (Å²) < 4.78 is 1.94. The highest BCUT2D eigenvalue weighted by atomic mass is 16.4. The average molecular weight is 281 g/mol. The molecule has 1 aromatic heterocycles. The summed E-state index contributed by atoms with van der Waals surface area (Å²) in [4.78, 5) is 45.7. The van der Waals surface area contributed by atoms with Gasteiger partial charge in [0, 0.05) is 19.3 Å². The van der Waals surface area contributed by atoms with Crippen LogP contribution in [0.25, 0.3) is 0 Å². The van der Waals surface area contributed by atoms with Gasteiger partial charge in [-0.05, 0) is 18.8 Å². The summed E-state index contributed by atoms with van der Waals surface area (Å²) in [5.74, 6) is -1.67. The third-order valence-corrected chi connectivity index (χ3v) is 3.25. The average Bonchev–Trinajstić information content (AvgIpc) is 3.21. The van der Waals surface area contributed by atoms with Gasteiger partial charge >= 0.3 is 11.7 Å². The van der Waals surface area contributed by atoms with Crippen molar-refractivity contribution in [2.24, 2.45) is 13.0 Å². The van der Waals surface area contributed by atoms with Crippen LogP contribution in [-0.2, 0) is 23.2 Å². The summed E-state index contributed by atoms with van der Waals surface area (Å²) in [6, 6.07) is 0.260. The molecule has 2 N–H and O–H groups in total. The van der Waals surface area contributed by atoms with Gasteiger partial charge < -0.3 is 10.4 Å². The fourth-order valence-corrected chi connectivity index (χ4v) is 1.92. The summed E-state index contributed by atoms with van der Waals surface area (Å²) >= 11 is 0. The van der Waals surface area contributed by atoms with E-state index in [9.17, 15) is 19.2 Å². The van der Waals surface area contributed by atoms with Crippen LogP contribution >= 0.6 is 0 Å². The van der Waals surface area contributed by atoms with Gasteiger partial charge in [-0.3, -0.25) is 18.7 Å². The normalized spacial score (nSPS) is 15.7. The number of carboxylic acid groups (broad SMARTS) is 1. The van der Waals surface area contributed by atoms with Crippen molar-refractivity contribution < 1.29 is 14.7 Å². The number of rotatable bonds is 5. The number of hydrogen-bond donors (Lipinski definition) is 2. The van der Waals surface area contributed by atoms with Crippen molar-refractivity contribution in [2.45, 2.75) is 25.4 Å². The molecule has 0 bridgehead atoms. The van der Waals surface area contributed by atoms with Crippen LogP contribution < -0.4 is 16.6 Å². The number of carbonyl (C=O) groups is 2. The first kappa shape index (κ1) is 14.0. The lowest BCUT2D eigenvalue weighted by molar-refractivity contribution is -0.142. The number of hydrogen-bond acceptors (Lipinski definition) is 4. The minimum absolute atomic E-state index is 0.0340. The van der Waals surface area contributed by atoms with Crippen molar-refractivity contribution in [1.29, 1.82) is 0 Å². The van der Waals surface area contributed by atoms with E-state index in [1.165, 1.54) is 19.3 Å². The molecule has 1 fully saturated rings. The van der Waals surface area contributed by atoms with E-state index in [4.69, 9.17) is 5.11 Å². The van der Waals surface area contributed by atoms with Gasteiger partial charge in [-0.2, -0.15) is 0 Å². The van der Waals surface area contributed by atoms with Crippen LogP contribution in [0.15, 0.2) is 21.9 Å². The zero-order valence-electron chi connectivity index (χ0n) is 10.9. The maximum atomic E-state index is 11.8. The Labute approximate surface area is 113 Å². The third-order valence-electron chi connectivity index (χ3n) is 3.25. The summed E-state index contributed by atoms with van der Waals surface area (Å²) in [5, 5.41) is 11.4. The molecule has 1 amide bonds. The van der Waals surface area contributed by atoms with E-state index in [0.29, 0.717) is 0 Å². The quantitative estimate of drug-likeness (QED) is 0.684. The molecule has 20 heavy (non-hydrogen) atoms. The van der Waals surface area contributed by atoms with E-state index in [-0.39, 0.29) is 12.5 Å². The van der Waals surface area contributed by atoms with Gasteiger partial charge in [0.05, 0.1) is 0 Å². The number of nitrogens with one attached hydrogen (secondary N) is 1. The fraction of sp³-hybridized carbons (Fsp3) is 0.500. The molecule has 1 aromatic rings. The second kappa shape index (κ2) is 5.32. The van der Waals surface area contributed by atoms with Crippen LogP contribution in [0.2, 0.25) is 0 Å². The summed E-state index contributed by atoms with van der Waals surface area (Å²) in [5.41, 5.74) is -1.08. The molecular weight excluding hydrogens is 266 g/mol. The molecule has 0 aliphatic heterocycles. The molecule has 0 aromatic carbocycles. The molecule has 0 radical (unpaired) electrons. The molecule has 1 aliphatic carbocycles. The summed E-state index contributed by atoms with van der Waals surface area (Å²) in [6.45, 7) is -0.316. The molecular formula is C12H15N3O5. The first-order valence-corrected chi connectivity index (χ1v) is 6.19. The van der Waals surface area contributed by atoms with Gasteiger partial charge in [0.2, 0.25) is 5.91 Å². The van der Waals surface area contributed by atoms with Crippen LogP contribution in [0.5, 0.6) is 0 Å². The number of carboxylic acids is 1. The van der Waals surface area contributed by atoms with Gasteiger partial charge in [0.1, 0.15) is 12.6 Å². The standard InChI is InChI=1S/C12H15N3O5/c1-14-9(17)4-5-15(12(14)20)6-8(16)13-10(11(18)19)7-2-3-7/h4-5,7,10H,2-3,6H2,1H3,(H,13,16)(H,18,19). The minimum Gasteiger partial charge on any atom is -0.480 e. The Kier molecular flexibility index (Phi) is 3.73. The molecule has 1 atom stereocenters. The highest BCUT2D eigenvalue weighted by Crippen LogP contribution is 2.32. The van der Waals surface area contributed by atoms with Gasteiger partial charge in [-0.25, -0.2) is 9.59 Å². The number of aromatic nitrogens is 2. The zero-order valence-corrected chi connectivity index (χ0v) is 10.9. The summed E-state index contributed by atoms with van der Waals surface area (Å²) in [7, 11) is 1.31. The highest BCUT2D eigenvalue weighted by Gasteiger charge is 2.37. The lowest BCUT2D eigenvalue weighted by atomic mass is 10.2. The van der Waals surface area contributed by atoms with Gasteiger partial charge in [-0.15, -0.1) is 0 Å². The lowest BCUT2D eigenvalue weighted by Gasteiger charge is -2.14. The number of carbonyl (C=O) groups excluding carboxylic acids is 1. The van der Waals surface area contributed by atoms with Crippen molar-refractivity contribution in [3.63, 3.8) is 0 Å². The topological polar surface area (TPSA) is 110 Å². The number of amides is 1. The Morgan fingerprint density at radius 1 is 1.45 bits per heavy atom. The van der Waals surface area contributed by atoms with Crippen LogP contribution in [0, 0.1) is 5.92 Å². The van der Waals surface area contributed by atoms with Gasteiger partial charge in [0.25, 0.3) is 5.56 Å². The van der Waals surface area contributed by atoms with E-state index < -0.39 is 29.2 Å². The molecule has 8 heteroatoms. The van der Waals surface area contributed by atoms with Crippen molar-refractivity contribution in [1.82, 2.24) is 14.5 Å². The summed E-state index contributed by atoms with van der Waals surface area (Å²) in [6.07, 6.45) is 2.77. The molecule has 1 heterocycles. The second-order valence-electron chi connectivity index (χ2n) is 4.84. The smallest absolute Gasteiger partial charge is 0.331 e. The highest BCUT2D eigenvalue weighted by molar-refractivity contribution is 5.83. The molecule has 1 unspecified atom stereocenters. The third kappa shape index (κ3) is 2.95. The van der Waals surface area contributed by atoms with Crippen LogP contribution in [-0.4, -0.2) is 32.2 Å². The van der Waals surface area contributed by atoms with Crippen LogP contribution in [0.4, 0.5) is 0 Å². The molecule has 0 spiro atoms. The van der Waals surface area contributed by atoms with E-state index in [2.05, 4.69) is 5.32 Å². The largest absolute Gasteiger partial charge is 0.480 e. The number of aliphatic carboxylic acids is 1. The van der Waals surface area contributed by atoms with E-state index >= 15 is 0 Å². The molecule has 1 aliphatic rings. The predicted octanol–water partition coefficient (Wildman–Crippen LogP) is -1.47. The molecule has 108 valence electrons. The van der Waals surface area contributed by atoms with Crippen LogP contribution in [0.1, 0.15) is 12.8 Å². The second-order valence-corrected chi connectivity index (χ2v) is 4.84. The monoisotopic (exact) mass is 281 g/mol. The van der Waals surface area contributed by atoms with Crippen molar-refractivity contribution in [3.05, 3.63) is 33.1 Å². The minimum atomic E-state index is -1.08. The van der Waals surface area contributed by atoms with Crippen molar-refractivity contribution in [3.8, 4) is 0 Å². The Morgan fingerprint density at radius 3 is 2.65 bits per heavy atom. The van der Waals surface area contributed by atoms with Crippen molar-refractivity contribution >= 4 is 11.9 Å². The molecule has 8 nitrogen and oxygen atoms in total. The Morgan fingerprint density at radius 2 is 2.10 bits per heavy atom. The predicted molar refractivity (Wildman–Crippen MR) is 68.2 cm³/mol. The van der Waals surface area contributed by atoms with Gasteiger partial charge in [-0.1, -0.05) is 0 Å². The van der Waals surface area contributed by atoms with Crippen molar-refractivity contribution in [2.75, 3.05) is 0 Å². The van der Waals surface area contributed by atoms with Crippen LogP contribution in [0.3, 0.4) is 0 Å². The first-order chi connectivity index (χ1) is 9.40. The zero-order chi connectivity index (χ0) is 14.9. The number of nitrogens with zero attached hydrogens (tertiary/aromatic N) is 2. The van der Waals surface area contributed by atoms with E-state index in [1.54, 1.807) is 0 Å². The SMILES string of the molecule is Cn1c(=O)ccn(CC(=O)NC(C(=O)O)C2CC2)c1=O. The van der Waals surface area contributed by atoms with E-state index in [1.807, 2.05) is 0 Å². The molecule has 2 rings (SSSR count). The Hall–Kier alpha value is -2.38. The van der Waals surface area contributed by atoms with Gasteiger partial charge in [0.15, 0.2) is 0 Å². The first-order valence-electron chi connectivity index (χ1n) is 6.19. The molecule has 1 saturated carbocycles.